The van der Waals surface area contributed by atoms with E-state index in [1.54, 1.807) is 0 Å². The highest BCUT2D eigenvalue weighted by atomic mass is 16.1. The van der Waals surface area contributed by atoms with Crippen molar-refractivity contribution in [2.24, 2.45) is 5.73 Å². The Bertz CT molecular complexity index is 224. The Morgan fingerprint density at radius 3 is 3.11 bits per heavy atom. The fourth-order valence-electron chi connectivity index (χ4n) is 0.569. The van der Waals surface area contributed by atoms with Crippen LogP contribution in [0.25, 0.3) is 0 Å². The smallest absolute Gasteiger partial charge is 0.329 e. The van der Waals surface area contributed by atoms with Gasteiger partial charge >= 0.3 is 5.69 Å². The van der Waals surface area contributed by atoms with Gasteiger partial charge in [0.1, 0.15) is 6.33 Å². The van der Waals surface area contributed by atoms with Crippen LogP contribution in [0.3, 0.4) is 0 Å². The summed E-state index contributed by atoms with van der Waals surface area (Å²) in [5.41, 5.74) is 4.98. The van der Waals surface area contributed by atoms with Gasteiger partial charge in [0.15, 0.2) is 0 Å². The molecule has 0 aliphatic heterocycles. The number of rotatable bonds is 2. The largest absolute Gasteiger partial charge is 0.343 e. The van der Waals surface area contributed by atoms with Crippen molar-refractivity contribution in [3.05, 3.63) is 16.8 Å². The minimum Gasteiger partial charge on any atom is -0.329 e. The molecule has 0 aliphatic rings. The predicted octanol–water partition coefficient (Wildman–Crippen LogP) is -1.47. The summed E-state index contributed by atoms with van der Waals surface area (Å²) in [4.78, 5) is 10.6. The third-order valence-corrected chi connectivity index (χ3v) is 0.988. The summed E-state index contributed by atoms with van der Waals surface area (Å²) in [5, 5.41) is 5.77. The Hall–Kier alpha value is -1.10. The van der Waals surface area contributed by atoms with Gasteiger partial charge in [0.05, 0.1) is 0 Å². The van der Waals surface area contributed by atoms with Crippen molar-refractivity contribution in [3.8, 4) is 0 Å². The van der Waals surface area contributed by atoms with Crippen LogP contribution in [0.15, 0.2) is 11.1 Å². The van der Waals surface area contributed by atoms with Crippen LogP contribution in [0.1, 0.15) is 0 Å². The normalized spacial score (nSPS) is 9.89. The second-order valence-electron chi connectivity index (χ2n) is 1.64. The van der Waals surface area contributed by atoms with Crippen LogP contribution in [0, 0.1) is 0 Å². The van der Waals surface area contributed by atoms with E-state index in [0.29, 0.717) is 13.1 Å². The third-order valence-electron chi connectivity index (χ3n) is 0.988. The lowest BCUT2D eigenvalue weighted by molar-refractivity contribution is 0.682. The molecule has 5 heteroatoms. The summed E-state index contributed by atoms with van der Waals surface area (Å²) in [6.45, 7) is 0.981. The van der Waals surface area contributed by atoms with Gasteiger partial charge in [-0.3, -0.25) is 4.57 Å². The van der Waals surface area contributed by atoms with Gasteiger partial charge in [-0.1, -0.05) is 0 Å². The first-order valence-electron chi connectivity index (χ1n) is 2.64. The molecule has 50 valence electrons. The van der Waals surface area contributed by atoms with Gasteiger partial charge in [-0.2, -0.15) is 5.10 Å². The zero-order valence-corrected chi connectivity index (χ0v) is 4.87. The molecule has 0 aromatic carbocycles. The van der Waals surface area contributed by atoms with Crippen LogP contribution in [0.4, 0.5) is 0 Å². The molecule has 1 rings (SSSR count). The molecule has 0 saturated carbocycles. The van der Waals surface area contributed by atoms with E-state index >= 15 is 0 Å². The average Bonchev–Trinajstić information content (AvgIpc) is 2.18. The summed E-state index contributed by atoms with van der Waals surface area (Å²) >= 11 is 0. The Morgan fingerprint density at radius 2 is 2.67 bits per heavy atom. The number of aromatic amines is 1. The number of aromatic nitrogens is 3. The summed E-state index contributed by atoms with van der Waals surface area (Å²) in [7, 11) is 0. The van der Waals surface area contributed by atoms with Crippen LogP contribution in [-0.2, 0) is 6.54 Å². The molecule has 0 saturated heterocycles. The standard InChI is InChI=1S/C4H8N4O/c5-1-2-8-3-6-7-4(8)9/h3H,1-2,5H2,(H,7,9). The Labute approximate surface area is 51.5 Å². The van der Waals surface area contributed by atoms with Crippen molar-refractivity contribution < 1.29 is 0 Å². The highest BCUT2D eigenvalue weighted by molar-refractivity contribution is 4.62. The van der Waals surface area contributed by atoms with Crippen LogP contribution in [-0.4, -0.2) is 21.3 Å². The van der Waals surface area contributed by atoms with Crippen LogP contribution < -0.4 is 11.4 Å². The second-order valence-corrected chi connectivity index (χ2v) is 1.64. The van der Waals surface area contributed by atoms with E-state index in [-0.39, 0.29) is 5.69 Å². The minimum atomic E-state index is -0.208. The molecular formula is C4H8N4O. The summed E-state index contributed by atoms with van der Waals surface area (Å²) in [6.07, 6.45) is 1.43. The molecule has 1 aromatic rings. The van der Waals surface area contributed by atoms with Crippen molar-refractivity contribution >= 4 is 0 Å². The Kier molecular flexibility index (Phi) is 1.64. The van der Waals surface area contributed by atoms with Crippen molar-refractivity contribution in [1.29, 1.82) is 0 Å². The van der Waals surface area contributed by atoms with E-state index in [1.165, 1.54) is 10.9 Å². The summed E-state index contributed by atoms with van der Waals surface area (Å²) < 4.78 is 1.42. The van der Waals surface area contributed by atoms with Gasteiger partial charge in [0.2, 0.25) is 0 Å². The maximum absolute atomic E-state index is 10.6. The fourth-order valence-corrected chi connectivity index (χ4v) is 0.569. The first kappa shape index (κ1) is 6.03. The van der Waals surface area contributed by atoms with Crippen molar-refractivity contribution in [3.63, 3.8) is 0 Å². The number of hydrogen-bond donors (Lipinski definition) is 2. The SMILES string of the molecule is NCCn1cn[nH]c1=O. The number of H-pyrrole nitrogens is 1. The molecule has 0 atom stereocenters. The van der Waals surface area contributed by atoms with E-state index in [2.05, 4.69) is 10.2 Å². The third kappa shape index (κ3) is 1.17. The van der Waals surface area contributed by atoms with Crippen LogP contribution in [0.2, 0.25) is 0 Å². The highest BCUT2D eigenvalue weighted by Gasteiger charge is 1.91. The van der Waals surface area contributed by atoms with Crippen molar-refractivity contribution in [1.82, 2.24) is 14.8 Å². The Morgan fingerprint density at radius 1 is 1.89 bits per heavy atom. The van der Waals surface area contributed by atoms with Crippen LogP contribution >= 0.6 is 0 Å². The minimum absolute atomic E-state index is 0.208. The van der Waals surface area contributed by atoms with E-state index in [0.717, 1.165) is 0 Å². The van der Waals surface area contributed by atoms with E-state index in [4.69, 9.17) is 5.73 Å². The Balaban J connectivity index is 2.81. The van der Waals surface area contributed by atoms with Gasteiger partial charge < -0.3 is 5.73 Å². The van der Waals surface area contributed by atoms with Gasteiger partial charge in [-0.15, -0.1) is 0 Å². The lowest BCUT2D eigenvalue weighted by atomic mass is 10.6. The van der Waals surface area contributed by atoms with Crippen molar-refractivity contribution in [2.75, 3.05) is 6.54 Å². The molecule has 9 heavy (non-hydrogen) atoms. The molecule has 0 spiro atoms. The highest BCUT2D eigenvalue weighted by Crippen LogP contribution is 1.69. The van der Waals surface area contributed by atoms with E-state index < -0.39 is 0 Å². The van der Waals surface area contributed by atoms with E-state index in [1.807, 2.05) is 0 Å². The summed E-state index contributed by atoms with van der Waals surface area (Å²) in [5.74, 6) is 0. The van der Waals surface area contributed by atoms with Crippen LogP contribution in [0.5, 0.6) is 0 Å². The number of nitrogens with zero attached hydrogens (tertiary/aromatic N) is 2. The summed E-state index contributed by atoms with van der Waals surface area (Å²) in [6, 6.07) is 0. The number of hydrogen-bond acceptors (Lipinski definition) is 3. The molecule has 1 aromatic heterocycles. The molecule has 0 fully saturated rings. The molecular weight excluding hydrogens is 120 g/mol. The number of nitrogens with two attached hydrogens (primary N) is 1. The first-order valence-corrected chi connectivity index (χ1v) is 2.64. The van der Waals surface area contributed by atoms with Gasteiger partial charge in [0, 0.05) is 13.1 Å². The molecule has 0 unspecified atom stereocenters. The van der Waals surface area contributed by atoms with Gasteiger partial charge in [-0.25, -0.2) is 9.89 Å². The predicted molar refractivity (Wildman–Crippen MR) is 31.9 cm³/mol. The fraction of sp³-hybridized carbons (Fsp3) is 0.500. The molecule has 5 nitrogen and oxygen atoms in total. The number of nitrogens with one attached hydrogen (secondary N) is 1. The quantitative estimate of drug-likeness (QED) is 0.510. The lowest BCUT2D eigenvalue weighted by Gasteiger charge is -1.91. The average molecular weight is 128 g/mol. The van der Waals surface area contributed by atoms with Crippen molar-refractivity contribution in [2.45, 2.75) is 6.54 Å². The van der Waals surface area contributed by atoms with Gasteiger partial charge in [0.25, 0.3) is 0 Å². The van der Waals surface area contributed by atoms with E-state index in [9.17, 15) is 4.79 Å². The second kappa shape index (κ2) is 2.45. The zero-order valence-electron chi connectivity index (χ0n) is 4.87. The molecule has 3 N–H and O–H groups in total. The first-order chi connectivity index (χ1) is 4.34. The molecule has 0 amide bonds. The monoisotopic (exact) mass is 128 g/mol. The molecule has 0 aliphatic carbocycles. The molecule has 0 radical (unpaired) electrons. The topological polar surface area (TPSA) is 76.7 Å². The molecule has 0 bridgehead atoms. The molecule has 1 heterocycles. The van der Waals surface area contributed by atoms with Gasteiger partial charge in [-0.05, 0) is 0 Å². The maximum atomic E-state index is 10.6. The zero-order chi connectivity index (χ0) is 6.69. The lowest BCUT2D eigenvalue weighted by Crippen LogP contribution is -2.20. The maximum Gasteiger partial charge on any atom is 0.343 e.